The molecule has 166 valence electrons. The Labute approximate surface area is 191 Å². The Balaban J connectivity index is 1.96. The van der Waals surface area contributed by atoms with Gasteiger partial charge >= 0.3 is 5.97 Å². The number of nitrogens with two attached hydrogens (primary N) is 1. The molecule has 3 aromatic carbocycles. The average molecular weight is 441 g/mol. The van der Waals surface area contributed by atoms with E-state index < -0.39 is 5.97 Å². The summed E-state index contributed by atoms with van der Waals surface area (Å²) in [6, 6.07) is 16.8. The van der Waals surface area contributed by atoms with E-state index in [0.717, 1.165) is 27.6 Å². The van der Waals surface area contributed by atoms with Crippen molar-refractivity contribution in [3.63, 3.8) is 0 Å². The highest BCUT2D eigenvalue weighted by Gasteiger charge is 2.18. The highest BCUT2D eigenvalue weighted by atomic mass is 16.6. The Bertz CT molecular complexity index is 1400. The van der Waals surface area contributed by atoms with Crippen molar-refractivity contribution in [3.8, 4) is 28.3 Å². The van der Waals surface area contributed by atoms with Gasteiger partial charge in [-0.15, -0.1) is 0 Å². The average Bonchev–Trinajstić information content (AvgIpc) is 3.22. The first-order valence-electron chi connectivity index (χ1n) is 10.2. The van der Waals surface area contributed by atoms with Crippen LogP contribution in [0.15, 0.2) is 60.8 Å². The van der Waals surface area contributed by atoms with Crippen LogP contribution in [0.1, 0.15) is 5.56 Å². The molecule has 0 saturated heterocycles. The summed E-state index contributed by atoms with van der Waals surface area (Å²) in [5.74, 6) is 0.568. The summed E-state index contributed by atoms with van der Waals surface area (Å²) in [4.78, 5) is 15.3. The second-order valence-corrected chi connectivity index (χ2v) is 7.44. The highest BCUT2D eigenvalue weighted by Crippen LogP contribution is 2.39. The van der Waals surface area contributed by atoms with Crippen molar-refractivity contribution in [1.29, 1.82) is 0 Å². The monoisotopic (exact) mass is 441 g/mol. The number of anilines is 1. The zero-order valence-corrected chi connectivity index (χ0v) is 18.6. The molecule has 0 unspecified atom stereocenters. The van der Waals surface area contributed by atoms with Gasteiger partial charge in [-0.25, -0.2) is 9.64 Å². The fourth-order valence-electron chi connectivity index (χ4n) is 3.78. The molecule has 7 heteroatoms. The molecule has 0 atom stereocenters. The third-order valence-electron chi connectivity index (χ3n) is 5.58. The van der Waals surface area contributed by atoms with Crippen LogP contribution in [0.25, 0.3) is 32.6 Å². The quantitative estimate of drug-likeness (QED) is 0.250. The van der Waals surface area contributed by atoms with Crippen LogP contribution in [0.4, 0.5) is 11.4 Å². The maximum atomic E-state index is 11.7. The summed E-state index contributed by atoms with van der Waals surface area (Å²) < 4.78 is 17.8. The summed E-state index contributed by atoms with van der Waals surface area (Å²) in [6.45, 7) is 9.19. The molecule has 0 spiro atoms. The molecule has 0 aliphatic carbocycles. The number of rotatable bonds is 6. The second kappa shape index (κ2) is 8.97. The zero-order chi connectivity index (χ0) is 23.5. The minimum absolute atomic E-state index is 0.237. The lowest BCUT2D eigenvalue weighted by Gasteiger charge is -2.14. The topological polar surface area (TPSA) is 80.1 Å². The number of hydrogen-bond acceptors (Lipinski definition) is 5. The molecule has 0 radical (unpaired) electrons. The zero-order valence-electron chi connectivity index (χ0n) is 18.6. The number of ether oxygens (including phenoxy) is 3. The van der Waals surface area contributed by atoms with Crippen molar-refractivity contribution in [1.82, 2.24) is 4.57 Å². The van der Waals surface area contributed by atoms with E-state index in [1.807, 2.05) is 60.2 Å². The normalized spacial score (nSPS) is 10.6. The molecule has 0 amide bonds. The van der Waals surface area contributed by atoms with Crippen LogP contribution in [0.3, 0.4) is 0 Å². The van der Waals surface area contributed by atoms with Crippen molar-refractivity contribution in [3.05, 3.63) is 77.8 Å². The first kappa shape index (κ1) is 21.8. The molecular weight excluding hydrogens is 418 g/mol. The van der Waals surface area contributed by atoms with E-state index in [1.165, 1.54) is 7.11 Å². The number of benzene rings is 3. The summed E-state index contributed by atoms with van der Waals surface area (Å²) >= 11 is 0. The van der Waals surface area contributed by atoms with Crippen molar-refractivity contribution in [2.24, 2.45) is 0 Å². The van der Waals surface area contributed by atoms with Crippen LogP contribution in [0.2, 0.25) is 0 Å². The summed E-state index contributed by atoms with van der Waals surface area (Å²) in [7, 11) is 2.88. The SMILES string of the molecule is [C-]#[N+]c1ccc2c(c1)c(-c1cccc(N)c1C)cn2-c1ccc(OC)cc1OCC(=O)OC. The van der Waals surface area contributed by atoms with Crippen LogP contribution in [0, 0.1) is 13.5 Å². The van der Waals surface area contributed by atoms with E-state index >= 15 is 0 Å². The van der Waals surface area contributed by atoms with Crippen molar-refractivity contribution in [2.75, 3.05) is 26.6 Å². The standard InChI is InChI=1S/C26H23N3O4/c1-16-19(6-5-7-22(16)27)21-14-29(23-10-8-17(28-2)12-20(21)23)24-11-9-18(31-3)13-25(24)33-15-26(30)32-4/h5-14H,15,27H2,1,3-4H3. The van der Waals surface area contributed by atoms with Crippen LogP contribution in [-0.2, 0) is 9.53 Å². The lowest BCUT2D eigenvalue weighted by molar-refractivity contribution is -0.142. The fraction of sp³-hybridized carbons (Fsp3) is 0.154. The fourth-order valence-corrected chi connectivity index (χ4v) is 3.78. The predicted molar refractivity (Wildman–Crippen MR) is 128 cm³/mol. The Morgan fingerprint density at radius 2 is 1.91 bits per heavy atom. The molecule has 2 N–H and O–H groups in total. The van der Waals surface area contributed by atoms with Gasteiger partial charge in [0.05, 0.1) is 32.0 Å². The number of methoxy groups -OCH3 is 2. The predicted octanol–water partition coefficient (Wildman–Crippen LogP) is 5.30. The van der Waals surface area contributed by atoms with Gasteiger partial charge in [0, 0.05) is 23.5 Å². The molecule has 0 bridgehead atoms. The molecule has 1 aromatic heterocycles. The number of aromatic nitrogens is 1. The van der Waals surface area contributed by atoms with E-state index in [4.69, 9.17) is 26.5 Å². The number of nitrogens with zero attached hydrogens (tertiary/aromatic N) is 2. The van der Waals surface area contributed by atoms with E-state index in [2.05, 4.69) is 4.85 Å². The maximum absolute atomic E-state index is 11.7. The number of esters is 1. The van der Waals surface area contributed by atoms with Gasteiger partial charge in [0.2, 0.25) is 0 Å². The minimum atomic E-state index is -0.487. The van der Waals surface area contributed by atoms with Crippen LogP contribution < -0.4 is 15.2 Å². The lowest BCUT2D eigenvalue weighted by Crippen LogP contribution is -2.13. The van der Waals surface area contributed by atoms with Gasteiger partial charge < -0.3 is 24.5 Å². The van der Waals surface area contributed by atoms with Gasteiger partial charge in [-0.2, -0.15) is 0 Å². The number of carbonyl (C=O) groups excluding carboxylic acids is 1. The Hall–Kier alpha value is -4.44. The van der Waals surface area contributed by atoms with Gasteiger partial charge in [-0.3, -0.25) is 0 Å². The van der Waals surface area contributed by atoms with Gasteiger partial charge in [0.1, 0.15) is 11.5 Å². The first-order chi connectivity index (χ1) is 16.0. The minimum Gasteiger partial charge on any atom is -0.497 e. The molecule has 0 fully saturated rings. The Kier molecular flexibility index (Phi) is 5.92. The first-order valence-corrected chi connectivity index (χ1v) is 10.2. The largest absolute Gasteiger partial charge is 0.497 e. The van der Waals surface area contributed by atoms with Crippen LogP contribution in [0.5, 0.6) is 11.5 Å². The summed E-state index contributed by atoms with van der Waals surface area (Å²) in [5.41, 5.74) is 11.9. The molecular formula is C26H23N3O4. The van der Waals surface area contributed by atoms with Crippen molar-refractivity contribution in [2.45, 2.75) is 6.92 Å². The molecule has 33 heavy (non-hydrogen) atoms. The molecule has 4 aromatic rings. The molecule has 1 heterocycles. The molecule has 7 nitrogen and oxygen atoms in total. The number of hydrogen-bond donors (Lipinski definition) is 1. The van der Waals surface area contributed by atoms with Gasteiger partial charge in [-0.05, 0) is 53.8 Å². The van der Waals surface area contributed by atoms with Gasteiger partial charge in [0.15, 0.2) is 12.3 Å². The van der Waals surface area contributed by atoms with Crippen LogP contribution in [-0.4, -0.2) is 31.4 Å². The van der Waals surface area contributed by atoms with E-state index in [-0.39, 0.29) is 6.61 Å². The van der Waals surface area contributed by atoms with Gasteiger partial charge in [-0.1, -0.05) is 18.2 Å². The van der Waals surface area contributed by atoms with Crippen molar-refractivity contribution < 1.29 is 19.0 Å². The molecule has 0 saturated carbocycles. The van der Waals surface area contributed by atoms with E-state index in [1.54, 1.807) is 19.2 Å². The molecule has 0 aliphatic heterocycles. The highest BCUT2D eigenvalue weighted by molar-refractivity contribution is 6.00. The maximum Gasteiger partial charge on any atom is 0.343 e. The smallest absolute Gasteiger partial charge is 0.343 e. The van der Waals surface area contributed by atoms with E-state index in [9.17, 15) is 4.79 Å². The Morgan fingerprint density at radius 3 is 2.64 bits per heavy atom. The van der Waals surface area contributed by atoms with E-state index in [0.29, 0.717) is 28.6 Å². The summed E-state index contributed by atoms with van der Waals surface area (Å²) in [5, 5.41) is 0.909. The van der Waals surface area contributed by atoms with Gasteiger partial charge in [0.25, 0.3) is 0 Å². The number of fused-ring (bicyclic) bond motifs is 1. The molecule has 0 aliphatic rings. The number of carbonyl (C=O) groups is 1. The Morgan fingerprint density at radius 1 is 1.09 bits per heavy atom. The third kappa shape index (κ3) is 4.06. The number of nitrogen functional groups attached to an aromatic ring is 1. The summed E-state index contributed by atoms with van der Waals surface area (Å²) in [6.07, 6.45) is 1.99. The second-order valence-electron chi connectivity index (χ2n) is 7.44. The van der Waals surface area contributed by atoms with Crippen LogP contribution >= 0.6 is 0 Å². The lowest BCUT2D eigenvalue weighted by atomic mass is 9.99. The van der Waals surface area contributed by atoms with Crippen molar-refractivity contribution >= 4 is 28.2 Å². The third-order valence-corrected chi connectivity index (χ3v) is 5.58. The molecule has 4 rings (SSSR count).